The molecule has 0 spiro atoms. The number of nitrogens with zero attached hydrogens (tertiary/aromatic N) is 24. The Balaban J connectivity index is 0.000000225. The summed E-state index contributed by atoms with van der Waals surface area (Å²) in [6.45, 7) is 5.51. The van der Waals surface area contributed by atoms with Crippen molar-refractivity contribution in [2.24, 2.45) is 42.3 Å². The van der Waals surface area contributed by atoms with Crippen molar-refractivity contribution in [3.8, 4) is 68.6 Å². The van der Waals surface area contributed by atoms with Crippen molar-refractivity contribution in [1.82, 2.24) is 119 Å². The predicted octanol–water partition coefficient (Wildman–Crippen LogP) is 11.1. The molecule has 6 radical (unpaired) electrons. The number of rotatable bonds is 25. The average Bonchev–Trinajstić information content (AvgIpc) is 1.74. The summed E-state index contributed by atoms with van der Waals surface area (Å²) in [5, 5.41) is 46.0. The van der Waals surface area contributed by atoms with Gasteiger partial charge in [-0.25, -0.2) is 33.2 Å². The molecule has 0 amide bonds. The van der Waals surface area contributed by atoms with Crippen LogP contribution in [0, 0.1) is 52.7 Å². The minimum atomic E-state index is -0.477. The first-order chi connectivity index (χ1) is 64.5. The van der Waals surface area contributed by atoms with Gasteiger partial charge in [0.25, 0.3) is 0 Å². The van der Waals surface area contributed by atoms with Gasteiger partial charge in [-0.2, -0.15) is 165 Å². The summed E-state index contributed by atoms with van der Waals surface area (Å²) in [5.74, 6) is 3.63. The maximum absolute atomic E-state index is 14.1. The van der Waals surface area contributed by atoms with E-state index >= 15 is 0 Å². The van der Waals surface area contributed by atoms with Crippen LogP contribution in [0.1, 0.15) is 51.4 Å². The summed E-state index contributed by atoms with van der Waals surface area (Å²) < 4.78 is 64.7. The molecule has 139 heavy (non-hydrogen) atoms. The maximum atomic E-state index is 14.1. The summed E-state index contributed by atoms with van der Waals surface area (Å²) >= 11 is 12.0. The Morgan fingerprint density at radius 3 is 0.885 bits per heavy atom. The molecule has 6 aromatic heterocycles. The van der Waals surface area contributed by atoms with E-state index < -0.39 is 11.5 Å². The van der Waals surface area contributed by atoms with Gasteiger partial charge in [0.15, 0.2) is 0 Å². The summed E-state index contributed by atoms with van der Waals surface area (Å²) in [7, 11) is 9.27. The van der Waals surface area contributed by atoms with Crippen LogP contribution in [0.5, 0.6) is 34.5 Å². The molecule has 18 rings (SSSR count). The fourth-order valence-corrected chi connectivity index (χ4v) is 13.8. The number of ether oxygens (including phenoxy) is 6. The topological polar surface area (TPSA) is 372 Å². The third kappa shape index (κ3) is 31.4. The third-order valence-electron chi connectivity index (χ3n) is 19.5. The van der Waals surface area contributed by atoms with Gasteiger partial charge < -0.3 is 28.4 Å². The van der Waals surface area contributed by atoms with Crippen LogP contribution in [0.2, 0.25) is 5.02 Å². The third-order valence-corrected chi connectivity index (χ3v) is 21.6. The summed E-state index contributed by atoms with van der Waals surface area (Å²) in [5.41, 5.74) is 8.09. The molecule has 0 saturated heterocycles. The van der Waals surface area contributed by atoms with E-state index in [0.717, 1.165) is 79.1 Å². The summed E-state index contributed by atoms with van der Waals surface area (Å²) in [6, 6.07) is 93.2. The molecule has 0 unspecified atom stereocenters. The summed E-state index contributed by atoms with van der Waals surface area (Å²) in [4.78, 5) is 72.3. The Labute approximate surface area is 973 Å². The molecule has 46 heteroatoms. The molecule has 0 fully saturated rings. The molecule has 36 nitrogen and oxygen atoms in total. The van der Waals surface area contributed by atoms with Crippen LogP contribution >= 0.6 is 50.1 Å². The zero-order chi connectivity index (χ0) is 93.9. The van der Waals surface area contributed by atoms with Crippen molar-refractivity contribution < 1.29 is 229 Å². The molecule has 12 aromatic carbocycles. The van der Waals surface area contributed by atoms with Gasteiger partial charge in [-0.3, -0.25) is 0 Å². The van der Waals surface area contributed by atoms with E-state index in [9.17, 15) is 33.2 Å². The SMILES string of the molecule is CCc1cccc(-n2nnn(C)c2=O)c1COc1c[c-]ccc1.Cc1cccc(-n2nnn(C)c2=O)c1COc1c[c-]ccc1.Cn1nnn(-c2cccc(Br)c2COc2c[c-]ccc2)c1=O.Cn1nnn(-c2cccc(Cl)c2COc2c[c-]ccc2)c1=O.Cn1nnn(-c2cccc(F)c2COc2c[c-]ccc2)c1=O.Cn1nnn(-c2cccc(I)c2COc2c[c-]ccc2)c1=O.[Y].[Y].[Y].[Y].[Y].[Y]. The first kappa shape index (κ1) is 117. The fraction of sp³-hybridized carbons (Fsp3) is 0.161. The standard InChI is InChI=1S/C17H17N4O2.C16H15N4O2.C15H12BrN4O2.C15H12ClN4O2.C15H12FN4O2.C15H12IN4O2.6Y/c1-3-13-8-7-11-16(21-17(22)20(2)18-19-21)15(13)12-23-14-9-5-4-6-10-14;1-12-7-6-10-15(20-16(21)19(2)17-18-20)14(12)11-22-13-8-4-3-5-9-13;4*1-19-15(21)20(18-17-19)14-9-5-8-13(16)12(14)10-22-11-6-3-2-4-7-11;;;;;;/h4-5,7-11H,3,12H2,1-2H3;3-4,6-10H,11H2,1-2H3;4*2-3,5-9H,10H2,1H3;;;;;;/q6*-1;;;;;;. The molecule has 0 aliphatic rings. The van der Waals surface area contributed by atoms with Gasteiger partial charge in [0.1, 0.15) is 25.6 Å². The van der Waals surface area contributed by atoms with E-state index in [1.807, 2.05) is 153 Å². The van der Waals surface area contributed by atoms with E-state index in [4.69, 9.17) is 40.0 Å². The monoisotopic (exact) mass is 2520 g/mol. The van der Waals surface area contributed by atoms with E-state index in [0.29, 0.717) is 81.8 Å². The largest absolute Gasteiger partial charge is 0.547 e. The van der Waals surface area contributed by atoms with E-state index in [-0.39, 0.29) is 250 Å². The van der Waals surface area contributed by atoms with Crippen LogP contribution in [0.4, 0.5) is 4.39 Å². The van der Waals surface area contributed by atoms with Crippen LogP contribution in [-0.4, -0.2) is 119 Å². The van der Waals surface area contributed by atoms with Crippen molar-refractivity contribution >= 4 is 50.1 Å². The molecule has 0 aliphatic carbocycles. The zero-order valence-electron chi connectivity index (χ0n) is 75.8. The first-order valence-electron chi connectivity index (χ1n) is 40.3. The van der Waals surface area contributed by atoms with Gasteiger partial charge in [-0.05, 0) is 170 Å². The summed E-state index contributed by atoms with van der Waals surface area (Å²) in [6.07, 6.45) is 0.836. The number of hydrogen-bond donors (Lipinski definition) is 0. The number of tetrazole rings is 6. The molecule has 0 aliphatic heterocycles. The molecular weight excluding hydrogens is 2440 g/mol. The van der Waals surface area contributed by atoms with E-state index in [2.05, 4.69) is 144 Å². The predicted molar refractivity (Wildman–Crippen MR) is 497 cm³/mol. The van der Waals surface area contributed by atoms with E-state index in [1.165, 1.54) is 68.4 Å². The second kappa shape index (κ2) is 58.3. The van der Waals surface area contributed by atoms with Crippen molar-refractivity contribution in [2.45, 2.75) is 59.9 Å². The molecule has 6 heterocycles. The van der Waals surface area contributed by atoms with Gasteiger partial charge in [0.05, 0.1) is 53.9 Å². The molecule has 696 valence electrons. The second-order valence-electron chi connectivity index (χ2n) is 28.2. The Kier molecular flexibility index (Phi) is 49.0. The Hall–Kier alpha value is -9.29. The molecule has 0 N–H and O–H groups in total. The maximum Gasteiger partial charge on any atom is 0.368 e. The Morgan fingerprint density at radius 2 is 0.561 bits per heavy atom. The quantitative estimate of drug-likeness (QED) is 0.0379. The smallest absolute Gasteiger partial charge is 0.368 e. The molecule has 0 bridgehead atoms. The van der Waals surface area contributed by atoms with Crippen LogP contribution in [0.15, 0.2) is 288 Å². The minimum Gasteiger partial charge on any atom is -0.547 e. The van der Waals surface area contributed by atoms with Crippen LogP contribution < -0.4 is 62.6 Å². The molecule has 18 aromatic rings. The minimum absolute atomic E-state index is 0. The average molecular weight is 2520 g/mol. The number of aromatic nitrogens is 24. The van der Waals surface area contributed by atoms with Gasteiger partial charge in [-0.1, -0.05) is 83.0 Å². The van der Waals surface area contributed by atoms with Crippen LogP contribution in [-0.2, 0) is 285 Å². The second-order valence-corrected chi connectivity index (χ2v) is 30.7. The number of benzene rings is 12. The normalized spacial score (nSPS) is 10.2. The number of aryl methyl sites for hydroxylation is 8. The van der Waals surface area contributed by atoms with E-state index in [1.54, 1.807) is 125 Å². The van der Waals surface area contributed by atoms with Crippen LogP contribution in [0.25, 0.3) is 34.1 Å². The van der Waals surface area contributed by atoms with Crippen molar-refractivity contribution in [3.63, 3.8) is 0 Å². The van der Waals surface area contributed by atoms with Crippen molar-refractivity contribution in [3.05, 3.63) is 417 Å². The van der Waals surface area contributed by atoms with Gasteiger partial charge in [-0.15, -0.1) is 72.8 Å². The Morgan fingerprint density at radius 1 is 0.309 bits per heavy atom. The van der Waals surface area contributed by atoms with Crippen molar-refractivity contribution in [1.29, 1.82) is 0 Å². The van der Waals surface area contributed by atoms with Gasteiger partial charge >= 0.3 is 34.1 Å². The number of halogens is 4. The van der Waals surface area contributed by atoms with Gasteiger partial charge in [0, 0.05) is 319 Å². The van der Waals surface area contributed by atoms with Crippen molar-refractivity contribution in [2.75, 3.05) is 0 Å². The first-order valence-corrected chi connectivity index (χ1v) is 42.6. The molecule has 0 atom stereocenters. The van der Waals surface area contributed by atoms with Crippen LogP contribution in [0.3, 0.4) is 0 Å². The number of hydrogen-bond acceptors (Lipinski definition) is 24. The molecular formula is C93H80BrClFIN24O12Y6-6. The zero-order valence-corrected chi connectivity index (χ0v) is 97.3. The Bertz CT molecular complexity index is 6500. The molecule has 0 saturated carbocycles. The van der Waals surface area contributed by atoms with Gasteiger partial charge in [0.2, 0.25) is 0 Å². The fourth-order valence-electron chi connectivity index (χ4n) is 12.5.